The molecule has 8 nitrogen and oxygen atoms in total. The molecular formula is C26H23F2N3O5. The van der Waals surface area contributed by atoms with Crippen LogP contribution in [0.3, 0.4) is 0 Å². The highest BCUT2D eigenvalue weighted by atomic mass is 19.1. The van der Waals surface area contributed by atoms with E-state index in [9.17, 15) is 23.9 Å². The predicted molar refractivity (Wildman–Crippen MR) is 129 cm³/mol. The number of carbonyl (C=O) groups excluding carboxylic acids is 1. The number of rotatable bonds is 5. The van der Waals surface area contributed by atoms with Gasteiger partial charge in [-0.3, -0.25) is 4.79 Å². The molecule has 3 heterocycles. The molecule has 10 heteroatoms. The highest BCUT2D eigenvalue weighted by Crippen LogP contribution is 2.31. The molecule has 0 bridgehead atoms. The summed E-state index contributed by atoms with van der Waals surface area (Å²) in [6, 6.07) is 8.49. The zero-order valence-electron chi connectivity index (χ0n) is 19.5. The Labute approximate surface area is 204 Å². The van der Waals surface area contributed by atoms with Gasteiger partial charge in [-0.2, -0.15) is 0 Å². The molecule has 0 radical (unpaired) electrons. The first-order valence-corrected chi connectivity index (χ1v) is 11.5. The van der Waals surface area contributed by atoms with Crippen molar-refractivity contribution in [1.29, 1.82) is 0 Å². The maximum atomic E-state index is 15.2. The van der Waals surface area contributed by atoms with Gasteiger partial charge in [-0.25, -0.2) is 18.4 Å². The van der Waals surface area contributed by atoms with Gasteiger partial charge in [0.25, 0.3) is 0 Å². The number of anilines is 1. The number of cyclic esters (lactones) is 1. The average molecular weight is 495 g/mol. The molecule has 0 spiro atoms. The van der Waals surface area contributed by atoms with Crippen LogP contribution >= 0.6 is 0 Å². The SMILES string of the molecule is CCn1cc(C(=O)O)c(=O)c2cc(F)c(N3CCN(C4=C(c5cccc(F)c5)C(=O)OC4)CC3)cc21. The van der Waals surface area contributed by atoms with Crippen molar-refractivity contribution in [3.05, 3.63) is 81.3 Å². The number of aromatic nitrogens is 1. The number of carboxylic acids is 1. The minimum atomic E-state index is -1.36. The lowest BCUT2D eigenvalue weighted by atomic mass is 10.0. The number of carboxylic acid groups (broad SMARTS) is 1. The first-order valence-electron chi connectivity index (χ1n) is 11.5. The number of aryl methyl sites for hydroxylation is 1. The second kappa shape index (κ2) is 9.10. The standard InChI is InChI=1S/C26H23F2N3O5/c1-2-29-13-18(25(33)34)24(32)17-11-19(28)21(12-20(17)29)30-6-8-31(9-7-30)22-14-36-26(35)23(22)15-4-3-5-16(27)10-15/h3-5,10-13H,2,6-9,14H2,1H3,(H,33,34). The second-order valence-electron chi connectivity index (χ2n) is 8.67. The number of piperazine rings is 1. The predicted octanol–water partition coefficient (Wildman–Crippen LogP) is 3.09. The molecule has 1 fully saturated rings. The third-order valence-corrected chi connectivity index (χ3v) is 6.67. The Hall–Kier alpha value is -4.21. The van der Waals surface area contributed by atoms with E-state index in [1.807, 2.05) is 16.7 Å². The third kappa shape index (κ3) is 3.98. The summed E-state index contributed by atoms with van der Waals surface area (Å²) in [7, 11) is 0. The molecule has 2 aliphatic rings. The van der Waals surface area contributed by atoms with Crippen LogP contribution in [0.2, 0.25) is 0 Å². The van der Waals surface area contributed by atoms with Crippen molar-refractivity contribution in [2.45, 2.75) is 13.5 Å². The molecule has 0 unspecified atom stereocenters. The minimum Gasteiger partial charge on any atom is -0.477 e. The van der Waals surface area contributed by atoms with E-state index in [2.05, 4.69) is 0 Å². The molecule has 1 aromatic heterocycles. The maximum Gasteiger partial charge on any atom is 0.341 e. The number of ether oxygens (including phenoxy) is 1. The van der Waals surface area contributed by atoms with Gasteiger partial charge in [-0.05, 0) is 36.8 Å². The summed E-state index contributed by atoms with van der Waals surface area (Å²) in [6.45, 7) is 4.11. The van der Waals surface area contributed by atoms with Gasteiger partial charge in [-0.1, -0.05) is 12.1 Å². The highest BCUT2D eigenvalue weighted by Gasteiger charge is 2.32. The Bertz CT molecular complexity index is 1490. The summed E-state index contributed by atoms with van der Waals surface area (Å²) in [6.07, 6.45) is 1.28. The van der Waals surface area contributed by atoms with Crippen LogP contribution in [0.5, 0.6) is 0 Å². The van der Waals surface area contributed by atoms with Crippen molar-refractivity contribution in [3.63, 3.8) is 0 Å². The van der Waals surface area contributed by atoms with E-state index >= 15 is 4.39 Å². The van der Waals surface area contributed by atoms with Crippen molar-refractivity contribution in [1.82, 2.24) is 9.47 Å². The number of pyridine rings is 1. The van der Waals surface area contributed by atoms with Gasteiger partial charge < -0.3 is 24.2 Å². The van der Waals surface area contributed by atoms with Crippen molar-refractivity contribution < 1.29 is 28.2 Å². The zero-order chi connectivity index (χ0) is 25.6. The average Bonchev–Trinajstić information content (AvgIpc) is 3.25. The number of benzene rings is 2. The molecule has 2 aromatic carbocycles. The third-order valence-electron chi connectivity index (χ3n) is 6.67. The van der Waals surface area contributed by atoms with Crippen LogP contribution in [0.25, 0.3) is 16.5 Å². The molecule has 3 aromatic rings. The molecule has 1 saturated heterocycles. The van der Waals surface area contributed by atoms with Crippen molar-refractivity contribution in [2.75, 3.05) is 37.7 Å². The van der Waals surface area contributed by atoms with Gasteiger partial charge in [0.05, 0.1) is 22.5 Å². The number of halogens is 2. The first kappa shape index (κ1) is 23.5. The molecule has 1 N–H and O–H groups in total. The number of hydrogen-bond donors (Lipinski definition) is 1. The molecule has 186 valence electrons. The van der Waals surface area contributed by atoms with Crippen molar-refractivity contribution in [2.24, 2.45) is 0 Å². The zero-order valence-corrected chi connectivity index (χ0v) is 19.5. The normalized spacial score (nSPS) is 16.1. The Morgan fingerprint density at radius 2 is 1.78 bits per heavy atom. The van der Waals surface area contributed by atoms with Crippen LogP contribution in [0.1, 0.15) is 22.8 Å². The number of esters is 1. The van der Waals surface area contributed by atoms with Gasteiger partial charge in [-0.15, -0.1) is 0 Å². The summed E-state index contributed by atoms with van der Waals surface area (Å²) in [4.78, 5) is 40.3. The van der Waals surface area contributed by atoms with E-state index in [1.165, 1.54) is 24.4 Å². The largest absolute Gasteiger partial charge is 0.477 e. The summed E-state index contributed by atoms with van der Waals surface area (Å²) >= 11 is 0. The molecular weight excluding hydrogens is 472 g/mol. The Morgan fingerprint density at radius 1 is 1.06 bits per heavy atom. The molecule has 2 aliphatic heterocycles. The molecule has 0 amide bonds. The van der Waals surface area contributed by atoms with Crippen LogP contribution in [-0.4, -0.2) is 59.3 Å². The smallest absolute Gasteiger partial charge is 0.341 e. The van der Waals surface area contributed by atoms with Gasteiger partial charge in [0.2, 0.25) is 5.43 Å². The van der Waals surface area contributed by atoms with Gasteiger partial charge in [0.15, 0.2) is 0 Å². The van der Waals surface area contributed by atoms with Crippen molar-refractivity contribution >= 4 is 34.1 Å². The minimum absolute atomic E-state index is 0.0168. The van der Waals surface area contributed by atoms with E-state index in [0.717, 1.165) is 6.07 Å². The fourth-order valence-corrected chi connectivity index (χ4v) is 4.85. The molecule has 36 heavy (non-hydrogen) atoms. The molecule has 0 saturated carbocycles. The topological polar surface area (TPSA) is 92.1 Å². The number of carbonyl (C=O) groups is 2. The van der Waals surface area contributed by atoms with Crippen LogP contribution in [0.4, 0.5) is 14.5 Å². The lowest BCUT2D eigenvalue weighted by Gasteiger charge is -2.38. The van der Waals surface area contributed by atoms with E-state index < -0.39 is 34.6 Å². The summed E-state index contributed by atoms with van der Waals surface area (Å²) in [5, 5.41) is 9.35. The van der Waals surface area contributed by atoms with Crippen LogP contribution in [0.15, 0.2) is 53.1 Å². The maximum absolute atomic E-state index is 15.2. The number of aromatic carboxylic acids is 1. The summed E-state index contributed by atoms with van der Waals surface area (Å²) < 4.78 is 35.8. The Morgan fingerprint density at radius 3 is 2.44 bits per heavy atom. The quantitative estimate of drug-likeness (QED) is 0.544. The molecule has 5 rings (SSSR count). The highest BCUT2D eigenvalue weighted by molar-refractivity contribution is 6.19. The monoisotopic (exact) mass is 495 g/mol. The summed E-state index contributed by atoms with van der Waals surface area (Å²) in [5.41, 5.74) is 1.10. The van der Waals surface area contributed by atoms with E-state index in [1.54, 1.807) is 16.7 Å². The summed E-state index contributed by atoms with van der Waals surface area (Å²) in [5.74, 6) is -2.92. The fourth-order valence-electron chi connectivity index (χ4n) is 4.85. The van der Waals surface area contributed by atoms with E-state index in [4.69, 9.17) is 4.74 Å². The molecule has 0 atom stereocenters. The van der Waals surface area contributed by atoms with Crippen LogP contribution < -0.4 is 10.3 Å². The van der Waals surface area contributed by atoms with Crippen LogP contribution in [-0.2, 0) is 16.1 Å². The first-order chi connectivity index (χ1) is 17.3. The Kier molecular flexibility index (Phi) is 5.95. The lowest BCUT2D eigenvalue weighted by molar-refractivity contribution is -0.134. The lowest BCUT2D eigenvalue weighted by Crippen LogP contribution is -2.46. The Balaban J connectivity index is 1.44. The fraction of sp³-hybridized carbons (Fsp3) is 0.269. The second-order valence-corrected chi connectivity index (χ2v) is 8.67. The van der Waals surface area contributed by atoms with Crippen LogP contribution in [0, 0.1) is 11.6 Å². The van der Waals surface area contributed by atoms with Gasteiger partial charge in [0.1, 0.15) is 23.8 Å². The number of hydrogen-bond acceptors (Lipinski definition) is 6. The van der Waals surface area contributed by atoms with E-state index in [0.29, 0.717) is 60.8 Å². The van der Waals surface area contributed by atoms with Crippen molar-refractivity contribution in [3.8, 4) is 0 Å². The van der Waals surface area contributed by atoms with Gasteiger partial charge >= 0.3 is 11.9 Å². The van der Waals surface area contributed by atoms with E-state index in [-0.39, 0.29) is 12.0 Å². The number of nitrogens with zero attached hydrogens (tertiary/aromatic N) is 3. The number of fused-ring (bicyclic) bond motifs is 1. The van der Waals surface area contributed by atoms with Gasteiger partial charge in [0, 0.05) is 44.3 Å². The molecule has 0 aliphatic carbocycles.